The number of ether oxygens (including phenoxy) is 1. The first kappa shape index (κ1) is 18.6. The van der Waals surface area contributed by atoms with Gasteiger partial charge in [-0.25, -0.2) is 4.98 Å². The van der Waals surface area contributed by atoms with Crippen LogP contribution in [0.25, 0.3) is 0 Å². The number of nitrogens with zero attached hydrogens (tertiary/aromatic N) is 1. The molecule has 0 aliphatic heterocycles. The monoisotopic (exact) mass is 361 g/mol. The van der Waals surface area contributed by atoms with E-state index < -0.39 is 5.91 Å². The highest BCUT2D eigenvalue weighted by Crippen LogP contribution is 2.16. The summed E-state index contributed by atoms with van der Waals surface area (Å²) >= 11 is 1.22. The van der Waals surface area contributed by atoms with Crippen molar-refractivity contribution in [1.29, 1.82) is 0 Å². The second-order valence-electron chi connectivity index (χ2n) is 5.47. The Morgan fingerprint density at radius 2 is 1.96 bits per heavy atom. The summed E-state index contributed by atoms with van der Waals surface area (Å²) in [5, 5.41) is 4.66. The molecule has 0 radical (unpaired) electrons. The number of aryl methyl sites for hydroxylation is 1. The van der Waals surface area contributed by atoms with Gasteiger partial charge in [0, 0.05) is 11.8 Å². The number of hydrogen-bond acceptors (Lipinski definition) is 6. The largest absolute Gasteiger partial charge is 0.484 e. The van der Waals surface area contributed by atoms with Crippen LogP contribution in [-0.4, -0.2) is 29.2 Å². The molecule has 0 atom stereocenters. The van der Waals surface area contributed by atoms with Crippen LogP contribution >= 0.6 is 11.3 Å². The number of carbonyl (C=O) groups excluding carboxylic acids is 3. The zero-order valence-electron chi connectivity index (χ0n) is 13.8. The van der Waals surface area contributed by atoms with Gasteiger partial charge >= 0.3 is 0 Å². The van der Waals surface area contributed by atoms with E-state index in [1.54, 1.807) is 24.4 Å². The van der Waals surface area contributed by atoms with E-state index in [0.29, 0.717) is 29.4 Å². The predicted molar refractivity (Wildman–Crippen MR) is 94.6 cm³/mol. The Balaban J connectivity index is 1.78. The molecule has 0 saturated heterocycles. The Morgan fingerprint density at radius 3 is 2.60 bits per heavy atom. The summed E-state index contributed by atoms with van der Waals surface area (Å²) in [5.41, 5.74) is 6.65. The quantitative estimate of drug-likeness (QED) is 0.706. The minimum Gasteiger partial charge on any atom is -0.484 e. The average Bonchev–Trinajstić information content (AvgIpc) is 2.98. The first-order valence-corrected chi connectivity index (χ1v) is 8.54. The van der Waals surface area contributed by atoms with E-state index in [0.717, 1.165) is 5.56 Å². The number of benzene rings is 1. The fourth-order valence-electron chi connectivity index (χ4n) is 2.00. The van der Waals surface area contributed by atoms with Crippen LogP contribution in [0.3, 0.4) is 0 Å². The van der Waals surface area contributed by atoms with Crippen molar-refractivity contribution >= 4 is 34.1 Å². The number of anilines is 1. The molecule has 0 spiro atoms. The molecule has 25 heavy (non-hydrogen) atoms. The Kier molecular flexibility index (Phi) is 6.64. The Bertz CT molecular complexity index is 756. The lowest BCUT2D eigenvalue weighted by molar-refractivity contribution is -0.118. The van der Waals surface area contributed by atoms with Crippen LogP contribution in [0, 0.1) is 0 Å². The molecular weight excluding hydrogens is 342 g/mol. The number of Topliss-reactive ketones (excluding diaryl/α,β-unsaturated/α-hetero) is 1. The molecular formula is C17H19N3O4S. The number of thiazole rings is 1. The fourth-order valence-corrected chi connectivity index (χ4v) is 2.73. The maximum Gasteiger partial charge on any atom is 0.264 e. The maximum atomic E-state index is 11.9. The molecule has 0 aliphatic carbocycles. The third-order valence-electron chi connectivity index (χ3n) is 3.21. The molecule has 0 bridgehead atoms. The molecule has 2 amide bonds. The minimum atomic E-state index is -0.474. The van der Waals surface area contributed by atoms with Crippen LogP contribution in [-0.2, 0) is 27.2 Å². The Labute approximate surface area is 149 Å². The third-order valence-corrected chi connectivity index (χ3v) is 4.02. The summed E-state index contributed by atoms with van der Waals surface area (Å²) < 4.78 is 5.42. The lowest BCUT2D eigenvalue weighted by Crippen LogP contribution is -2.20. The number of amides is 2. The normalized spacial score (nSPS) is 10.3. The maximum absolute atomic E-state index is 11.9. The third kappa shape index (κ3) is 6.72. The second-order valence-corrected chi connectivity index (χ2v) is 6.33. The number of primary amides is 1. The molecule has 8 heteroatoms. The summed E-state index contributed by atoms with van der Waals surface area (Å²) in [5.74, 6) is -0.104. The van der Waals surface area contributed by atoms with Crippen molar-refractivity contribution in [3.8, 4) is 5.75 Å². The smallest absolute Gasteiger partial charge is 0.264 e. The van der Waals surface area contributed by atoms with Crippen molar-refractivity contribution in [2.24, 2.45) is 5.73 Å². The molecule has 0 aliphatic rings. The van der Waals surface area contributed by atoms with Gasteiger partial charge in [-0.1, -0.05) is 12.1 Å². The van der Waals surface area contributed by atoms with Crippen LogP contribution in [0.1, 0.15) is 24.6 Å². The van der Waals surface area contributed by atoms with Crippen molar-refractivity contribution in [1.82, 2.24) is 4.98 Å². The molecule has 1 aromatic heterocycles. The minimum absolute atomic E-state index is 0.0405. The van der Waals surface area contributed by atoms with Crippen LogP contribution in [0.2, 0.25) is 0 Å². The average molecular weight is 361 g/mol. The number of hydrogen-bond donors (Lipinski definition) is 2. The Hall–Kier alpha value is -2.74. The zero-order chi connectivity index (χ0) is 18.2. The number of ketones is 1. The Morgan fingerprint density at radius 1 is 1.24 bits per heavy atom. The predicted octanol–water partition coefficient (Wildman–Crippen LogP) is 1.71. The first-order chi connectivity index (χ1) is 11.9. The van der Waals surface area contributed by atoms with Gasteiger partial charge in [0.15, 0.2) is 11.7 Å². The molecule has 3 N–H and O–H groups in total. The topological polar surface area (TPSA) is 111 Å². The standard InChI is InChI=1S/C17H19N3O4S/c1-11(21)2-3-12-4-6-14(7-5-12)24-9-16(23)20-17-19-13(10-25-17)8-15(18)22/h4-7,10H,2-3,8-9H2,1H3,(H2,18,22)(H,19,20,23). The van der Waals surface area contributed by atoms with E-state index in [1.807, 2.05) is 12.1 Å². The molecule has 0 unspecified atom stereocenters. The van der Waals surface area contributed by atoms with Gasteiger partial charge in [-0.3, -0.25) is 14.9 Å². The number of nitrogens with two attached hydrogens (primary N) is 1. The van der Waals surface area contributed by atoms with Gasteiger partial charge in [0.25, 0.3) is 5.91 Å². The van der Waals surface area contributed by atoms with E-state index in [1.165, 1.54) is 11.3 Å². The lowest BCUT2D eigenvalue weighted by Gasteiger charge is -2.07. The number of rotatable bonds is 9. The van der Waals surface area contributed by atoms with Crippen molar-refractivity contribution in [2.45, 2.75) is 26.2 Å². The number of aromatic nitrogens is 1. The fraction of sp³-hybridized carbons (Fsp3) is 0.294. The molecule has 7 nitrogen and oxygen atoms in total. The highest BCUT2D eigenvalue weighted by molar-refractivity contribution is 7.13. The molecule has 1 heterocycles. The van der Waals surface area contributed by atoms with Gasteiger partial charge in [-0.05, 0) is 31.0 Å². The van der Waals surface area contributed by atoms with Crippen LogP contribution in [0.4, 0.5) is 5.13 Å². The van der Waals surface area contributed by atoms with E-state index in [2.05, 4.69) is 10.3 Å². The molecule has 0 fully saturated rings. The van der Waals surface area contributed by atoms with E-state index >= 15 is 0 Å². The second kappa shape index (κ2) is 8.93. The lowest BCUT2D eigenvalue weighted by atomic mass is 10.1. The summed E-state index contributed by atoms with van der Waals surface area (Å²) in [4.78, 5) is 37.7. The van der Waals surface area contributed by atoms with Crippen molar-refractivity contribution in [3.05, 3.63) is 40.9 Å². The number of nitrogens with one attached hydrogen (secondary N) is 1. The van der Waals surface area contributed by atoms with Gasteiger partial charge in [0.1, 0.15) is 11.5 Å². The van der Waals surface area contributed by atoms with Gasteiger partial charge in [-0.2, -0.15) is 0 Å². The molecule has 2 aromatic rings. The van der Waals surface area contributed by atoms with Crippen LogP contribution in [0.5, 0.6) is 5.75 Å². The highest BCUT2D eigenvalue weighted by atomic mass is 32.1. The summed E-state index contributed by atoms with van der Waals surface area (Å²) in [6, 6.07) is 7.26. The molecule has 1 aromatic carbocycles. The number of carbonyl (C=O) groups is 3. The molecule has 0 saturated carbocycles. The van der Waals surface area contributed by atoms with Crippen molar-refractivity contribution < 1.29 is 19.1 Å². The van der Waals surface area contributed by atoms with E-state index in [-0.39, 0.29) is 24.7 Å². The van der Waals surface area contributed by atoms with Crippen molar-refractivity contribution in [2.75, 3.05) is 11.9 Å². The van der Waals surface area contributed by atoms with Gasteiger partial charge in [0.05, 0.1) is 12.1 Å². The first-order valence-electron chi connectivity index (χ1n) is 7.66. The van der Waals surface area contributed by atoms with Crippen molar-refractivity contribution in [3.63, 3.8) is 0 Å². The highest BCUT2D eigenvalue weighted by Gasteiger charge is 2.09. The van der Waals surface area contributed by atoms with Crippen LogP contribution in [0.15, 0.2) is 29.6 Å². The van der Waals surface area contributed by atoms with Crippen LogP contribution < -0.4 is 15.8 Å². The molecule has 2 rings (SSSR count). The summed E-state index contributed by atoms with van der Waals surface area (Å²) in [6.07, 6.45) is 1.24. The SMILES string of the molecule is CC(=O)CCc1ccc(OCC(=O)Nc2nc(CC(N)=O)cs2)cc1. The summed E-state index contributed by atoms with van der Waals surface area (Å²) in [7, 11) is 0. The van der Waals surface area contributed by atoms with Gasteiger partial charge < -0.3 is 15.3 Å². The zero-order valence-corrected chi connectivity index (χ0v) is 14.6. The van der Waals surface area contributed by atoms with E-state index in [9.17, 15) is 14.4 Å². The van der Waals surface area contributed by atoms with Gasteiger partial charge in [-0.15, -0.1) is 11.3 Å². The summed E-state index contributed by atoms with van der Waals surface area (Å²) in [6.45, 7) is 1.41. The molecule has 132 valence electrons. The van der Waals surface area contributed by atoms with E-state index in [4.69, 9.17) is 10.5 Å². The van der Waals surface area contributed by atoms with Gasteiger partial charge in [0.2, 0.25) is 5.91 Å².